The molecule has 5 nitrogen and oxygen atoms in total. The van der Waals surface area contributed by atoms with Gasteiger partial charge in [0.15, 0.2) is 0 Å². The van der Waals surface area contributed by atoms with Crippen molar-refractivity contribution in [2.75, 3.05) is 51.2 Å². The topological polar surface area (TPSA) is 60.6 Å². The van der Waals surface area contributed by atoms with Crippen LogP contribution in [0, 0.1) is 0 Å². The molecule has 0 bridgehead atoms. The van der Waals surface area contributed by atoms with Crippen LogP contribution in [-0.2, 0) is 9.47 Å². The third-order valence-electron chi connectivity index (χ3n) is 3.25. The molecule has 0 unspecified atom stereocenters. The quantitative estimate of drug-likeness (QED) is 0.782. The van der Waals surface area contributed by atoms with Gasteiger partial charge in [-0.15, -0.1) is 0 Å². The van der Waals surface area contributed by atoms with Crippen LogP contribution in [0.25, 0.3) is 10.9 Å². The first-order chi connectivity index (χ1) is 9.77. The number of methoxy groups -OCH3 is 2. The number of hydrogen-bond donors (Lipinski definition) is 1. The molecule has 1 heterocycles. The molecule has 2 aromatic rings. The van der Waals surface area contributed by atoms with Crippen LogP contribution in [0.4, 0.5) is 11.4 Å². The Morgan fingerprint density at radius 2 is 1.80 bits per heavy atom. The van der Waals surface area contributed by atoms with E-state index in [9.17, 15) is 0 Å². The first-order valence-electron chi connectivity index (χ1n) is 6.64. The van der Waals surface area contributed by atoms with Gasteiger partial charge in [0.25, 0.3) is 0 Å². The molecular formula is C15H21N3O2. The highest BCUT2D eigenvalue weighted by molar-refractivity contribution is 5.98. The van der Waals surface area contributed by atoms with Gasteiger partial charge in [-0.05, 0) is 12.1 Å². The van der Waals surface area contributed by atoms with Crippen LogP contribution >= 0.6 is 0 Å². The van der Waals surface area contributed by atoms with Crippen LogP contribution in [0.2, 0.25) is 0 Å². The Bertz CT molecular complexity index is 552. The minimum atomic E-state index is 0.663. The lowest BCUT2D eigenvalue weighted by molar-refractivity contribution is 0.190. The molecule has 0 spiro atoms. The minimum absolute atomic E-state index is 0.663. The fraction of sp³-hybridized carbons (Fsp3) is 0.400. The number of para-hydroxylation sites is 1. The third-order valence-corrected chi connectivity index (χ3v) is 3.25. The fourth-order valence-corrected chi connectivity index (χ4v) is 2.22. The molecular weight excluding hydrogens is 254 g/mol. The van der Waals surface area contributed by atoms with E-state index in [2.05, 4.69) is 9.88 Å². The molecule has 5 heteroatoms. The van der Waals surface area contributed by atoms with E-state index in [0.717, 1.165) is 29.7 Å². The van der Waals surface area contributed by atoms with Crippen LogP contribution < -0.4 is 10.6 Å². The molecule has 108 valence electrons. The van der Waals surface area contributed by atoms with Crippen LogP contribution in [0.15, 0.2) is 30.5 Å². The van der Waals surface area contributed by atoms with Gasteiger partial charge < -0.3 is 20.1 Å². The highest BCUT2D eigenvalue weighted by Gasteiger charge is 2.11. The number of anilines is 2. The maximum atomic E-state index is 6.00. The van der Waals surface area contributed by atoms with Gasteiger partial charge in [0.2, 0.25) is 0 Å². The van der Waals surface area contributed by atoms with Crippen molar-refractivity contribution in [3.8, 4) is 0 Å². The summed E-state index contributed by atoms with van der Waals surface area (Å²) in [5.41, 5.74) is 8.64. The largest absolute Gasteiger partial charge is 0.397 e. The molecule has 0 atom stereocenters. The molecule has 0 aliphatic rings. The first-order valence-corrected chi connectivity index (χ1v) is 6.64. The van der Waals surface area contributed by atoms with Crippen molar-refractivity contribution >= 4 is 22.3 Å². The van der Waals surface area contributed by atoms with E-state index in [1.54, 1.807) is 20.4 Å². The highest BCUT2D eigenvalue weighted by atomic mass is 16.5. The molecule has 0 saturated carbocycles. The van der Waals surface area contributed by atoms with Gasteiger partial charge in [-0.2, -0.15) is 0 Å². The minimum Gasteiger partial charge on any atom is -0.397 e. The molecule has 1 aromatic heterocycles. The van der Waals surface area contributed by atoms with E-state index < -0.39 is 0 Å². The van der Waals surface area contributed by atoms with Gasteiger partial charge in [0.1, 0.15) is 0 Å². The summed E-state index contributed by atoms with van der Waals surface area (Å²) in [5, 5.41) is 1.06. The number of rotatable bonds is 7. The Balaban J connectivity index is 2.38. The second-order valence-corrected chi connectivity index (χ2v) is 4.55. The number of pyridine rings is 1. The van der Waals surface area contributed by atoms with Gasteiger partial charge in [0.05, 0.1) is 24.4 Å². The Morgan fingerprint density at radius 1 is 1.10 bits per heavy atom. The zero-order valence-corrected chi connectivity index (χ0v) is 12.0. The van der Waals surface area contributed by atoms with E-state index in [1.807, 2.05) is 24.3 Å². The Hall–Kier alpha value is -1.85. The Kier molecular flexibility index (Phi) is 5.15. The van der Waals surface area contributed by atoms with Gasteiger partial charge in [-0.1, -0.05) is 12.1 Å². The van der Waals surface area contributed by atoms with E-state index in [0.29, 0.717) is 18.9 Å². The molecule has 0 fully saturated rings. The predicted molar refractivity (Wildman–Crippen MR) is 82.1 cm³/mol. The maximum absolute atomic E-state index is 6.00. The van der Waals surface area contributed by atoms with Crippen LogP contribution in [0.1, 0.15) is 0 Å². The number of nitrogens with two attached hydrogens (primary N) is 1. The van der Waals surface area contributed by atoms with Gasteiger partial charge in [0, 0.05) is 44.6 Å². The molecule has 0 saturated heterocycles. The molecule has 0 aliphatic carbocycles. The summed E-state index contributed by atoms with van der Waals surface area (Å²) in [6.45, 7) is 2.92. The molecule has 2 rings (SSSR count). The standard InChI is InChI=1S/C15H21N3O2/c1-19-10-8-18(9-11-20-2)14-6-7-17-15-12(14)4-3-5-13(15)16/h3-7H,8-11,16H2,1-2H3. The lowest BCUT2D eigenvalue weighted by atomic mass is 10.1. The summed E-state index contributed by atoms with van der Waals surface area (Å²) in [6, 6.07) is 7.87. The number of ether oxygens (including phenoxy) is 2. The number of benzene rings is 1. The second kappa shape index (κ2) is 7.07. The number of nitrogens with zero attached hydrogens (tertiary/aromatic N) is 2. The first kappa shape index (κ1) is 14.6. The molecule has 0 amide bonds. The molecule has 0 radical (unpaired) electrons. The van der Waals surface area contributed by atoms with Crippen molar-refractivity contribution < 1.29 is 9.47 Å². The molecule has 2 N–H and O–H groups in total. The van der Waals surface area contributed by atoms with E-state index in [-0.39, 0.29) is 0 Å². The number of fused-ring (bicyclic) bond motifs is 1. The summed E-state index contributed by atoms with van der Waals surface area (Å²) < 4.78 is 10.4. The third kappa shape index (κ3) is 3.18. The second-order valence-electron chi connectivity index (χ2n) is 4.55. The maximum Gasteiger partial charge on any atom is 0.0951 e. The average Bonchev–Trinajstić information content (AvgIpc) is 2.48. The summed E-state index contributed by atoms with van der Waals surface area (Å²) in [5.74, 6) is 0. The smallest absolute Gasteiger partial charge is 0.0951 e. The number of nitrogen functional groups attached to an aromatic ring is 1. The summed E-state index contributed by atoms with van der Waals surface area (Å²) in [6.07, 6.45) is 1.79. The van der Waals surface area contributed by atoms with Crippen molar-refractivity contribution in [2.24, 2.45) is 0 Å². The number of aromatic nitrogens is 1. The Morgan fingerprint density at radius 3 is 2.45 bits per heavy atom. The van der Waals surface area contributed by atoms with Crippen LogP contribution in [0.5, 0.6) is 0 Å². The van der Waals surface area contributed by atoms with E-state index in [4.69, 9.17) is 15.2 Å². The molecule has 0 aliphatic heterocycles. The van der Waals surface area contributed by atoms with Gasteiger partial charge >= 0.3 is 0 Å². The highest BCUT2D eigenvalue weighted by Crippen LogP contribution is 2.28. The lowest BCUT2D eigenvalue weighted by Crippen LogP contribution is -2.30. The zero-order valence-electron chi connectivity index (χ0n) is 12.0. The van der Waals surface area contributed by atoms with Crippen LogP contribution in [0.3, 0.4) is 0 Å². The summed E-state index contributed by atoms with van der Waals surface area (Å²) >= 11 is 0. The molecule has 20 heavy (non-hydrogen) atoms. The van der Waals surface area contributed by atoms with Crippen LogP contribution in [-0.4, -0.2) is 45.5 Å². The zero-order chi connectivity index (χ0) is 14.4. The average molecular weight is 275 g/mol. The summed E-state index contributed by atoms with van der Waals surface area (Å²) in [4.78, 5) is 6.60. The van der Waals surface area contributed by atoms with Crippen molar-refractivity contribution in [1.29, 1.82) is 0 Å². The predicted octanol–water partition coefficient (Wildman–Crippen LogP) is 1.92. The molecule has 1 aromatic carbocycles. The summed E-state index contributed by atoms with van der Waals surface area (Å²) in [7, 11) is 3.41. The lowest BCUT2D eigenvalue weighted by Gasteiger charge is -2.25. The van der Waals surface area contributed by atoms with Gasteiger partial charge in [-0.25, -0.2) is 0 Å². The Labute approximate surface area is 119 Å². The normalized spacial score (nSPS) is 10.9. The SMILES string of the molecule is COCCN(CCOC)c1ccnc2c(N)cccc12. The van der Waals surface area contributed by atoms with Crippen molar-refractivity contribution in [3.63, 3.8) is 0 Å². The number of hydrogen-bond acceptors (Lipinski definition) is 5. The van der Waals surface area contributed by atoms with E-state index in [1.165, 1.54) is 0 Å². The van der Waals surface area contributed by atoms with Gasteiger partial charge in [-0.3, -0.25) is 4.98 Å². The van der Waals surface area contributed by atoms with Crippen molar-refractivity contribution in [1.82, 2.24) is 4.98 Å². The van der Waals surface area contributed by atoms with Crippen molar-refractivity contribution in [3.05, 3.63) is 30.5 Å². The van der Waals surface area contributed by atoms with E-state index >= 15 is 0 Å². The van der Waals surface area contributed by atoms with Crippen molar-refractivity contribution in [2.45, 2.75) is 0 Å². The monoisotopic (exact) mass is 275 g/mol. The fourth-order valence-electron chi connectivity index (χ4n) is 2.22.